The molecule has 0 spiro atoms. The second kappa shape index (κ2) is 4.95. The number of hydrogen-bond donors (Lipinski definition) is 1. The molecule has 1 aliphatic carbocycles. The van der Waals surface area contributed by atoms with Crippen LogP contribution in [0.25, 0.3) is 0 Å². The number of rotatable bonds is 2. The zero-order chi connectivity index (χ0) is 12.5. The maximum atomic E-state index is 13.2. The number of aliphatic hydroxyl groups is 1. The minimum Gasteiger partial charge on any atom is -0.388 e. The topological polar surface area (TPSA) is 20.2 Å². The van der Waals surface area contributed by atoms with E-state index in [1.54, 1.807) is 0 Å². The van der Waals surface area contributed by atoms with Gasteiger partial charge in [0.15, 0.2) is 0 Å². The third-order valence-corrected chi connectivity index (χ3v) is 4.25. The van der Waals surface area contributed by atoms with Crippen molar-refractivity contribution in [2.24, 2.45) is 5.41 Å². The molecule has 17 heavy (non-hydrogen) atoms. The maximum Gasteiger partial charge on any atom is 0.123 e. The van der Waals surface area contributed by atoms with Crippen LogP contribution in [0.3, 0.4) is 0 Å². The van der Waals surface area contributed by atoms with E-state index in [-0.39, 0.29) is 11.2 Å². The Morgan fingerprint density at radius 1 is 1.29 bits per heavy atom. The Hall–Kier alpha value is -0.600. The fourth-order valence-corrected chi connectivity index (χ4v) is 2.95. The van der Waals surface area contributed by atoms with E-state index in [4.69, 9.17) is 11.6 Å². The van der Waals surface area contributed by atoms with Crippen molar-refractivity contribution in [3.63, 3.8) is 0 Å². The van der Waals surface area contributed by atoms with Crippen LogP contribution in [0.15, 0.2) is 18.2 Å². The summed E-state index contributed by atoms with van der Waals surface area (Å²) in [6.45, 7) is 2.07. The van der Waals surface area contributed by atoms with Crippen LogP contribution in [0, 0.1) is 11.2 Å². The summed E-state index contributed by atoms with van der Waals surface area (Å²) in [5, 5.41) is 10.9. The van der Waals surface area contributed by atoms with E-state index in [1.807, 2.05) is 0 Å². The number of hydrogen-bond acceptors (Lipinski definition) is 1. The average molecular weight is 257 g/mol. The number of aliphatic hydroxyl groups excluding tert-OH is 1. The Bertz CT molecular complexity index is 399. The molecule has 0 bridgehead atoms. The molecule has 2 rings (SSSR count). The summed E-state index contributed by atoms with van der Waals surface area (Å²) < 4.78 is 13.2. The summed E-state index contributed by atoms with van der Waals surface area (Å²) >= 11 is 6.05. The van der Waals surface area contributed by atoms with Crippen molar-refractivity contribution in [1.82, 2.24) is 0 Å². The summed E-state index contributed by atoms with van der Waals surface area (Å²) in [7, 11) is 0. The van der Waals surface area contributed by atoms with E-state index in [2.05, 4.69) is 6.92 Å². The molecule has 1 aliphatic rings. The van der Waals surface area contributed by atoms with E-state index in [9.17, 15) is 9.50 Å². The highest BCUT2D eigenvalue weighted by atomic mass is 35.5. The SMILES string of the molecule is CC1(C(O)c2cc(F)ccc2Cl)CCCCC1. The van der Waals surface area contributed by atoms with Crippen LogP contribution >= 0.6 is 11.6 Å². The largest absolute Gasteiger partial charge is 0.388 e. The minimum atomic E-state index is -0.675. The lowest BCUT2D eigenvalue weighted by molar-refractivity contribution is 0.00807. The van der Waals surface area contributed by atoms with Crippen LogP contribution in [0.1, 0.15) is 50.7 Å². The van der Waals surface area contributed by atoms with Gasteiger partial charge < -0.3 is 5.11 Å². The van der Waals surface area contributed by atoms with Crippen molar-refractivity contribution in [1.29, 1.82) is 0 Å². The molecule has 3 heteroatoms. The summed E-state index contributed by atoms with van der Waals surface area (Å²) in [5.41, 5.74) is 0.353. The Kier molecular flexibility index (Phi) is 3.74. The first-order valence-electron chi connectivity index (χ1n) is 6.16. The summed E-state index contributed by atoms with van der Waals surface area (Å²) in [4.78, 5) is 0. The van der Waals surface area contributed by atoms with Crippen LogP contribution in [-0.2, 0) is 0 Å². The van der Waals surface area contributed by atoms with Crippen LogP contribution in [-0.4, -0.2) is 5.11 Å². The zero-order valence-electron chi connectivity index (χ0n) is 10.0. The van der Waals surface area contributed by atoms with Gasteiger partial charge in [-0.3, -0.25) is 0 Å². The Balaban J connectivity index is 2.29. The first kappa shape index (κ1) is 12.8. The highest BCUT2D eigenvalue weighted by Gasteiger charge is 2.36. The Labute approximate surface area is 107 Å². The predicted molar refractivity (Wildman–Crippen MR) is 67.6 cm³/mol. The molecule has 94 valence electrons. The van der Waals surface area contributed by atoms with Gasteiger partial charge in [0.1, 0.15) is 5.82 Å². The molecular formula is C14H18ClFO. The number of benzene rings is 1. The van der Waals surface area contributed by atoms with Crippen molar-refractivity contribution < 1.29 is 9.50 Å². The minimum absolute atomic E-state index is 0.171. The van der Waals surface area contributed by atoms with E-state index in [1.165, 1.54) is 24.6 Å². The molecule has 1 unspecified atom stereocenters. The van der Waals surface area contributed by atoms with Crippen molar-refractivity contribution in [2.45, 2.75) is 45.1 Å². The van der Waals surface area contributed by atoms with E-state index >= 15 is 0 Å². The lowest BCUT2D eigenvalue weighted by Gasteiger charge is -2.38. The van der Waals surface area contributed by atoms with Gasteiger partial charge in [-0.1, -0.05) is 37.8 Å². The lowest BCUT2D eigenvalue weighted by Crippen LogP contribution is -2.28. The van der Waals surface area contributed by atoms with Gasteiger partial charge in [0.05, 0.1) is 6.10 Å². The van der Waals surface area contributed by atoms with Crippen LogP contribution in [0.2, 0.25) is 5.02 Å². The van der Waals surface area contributed by atoms with Gasteiger partial charge in [0, 0.05) is 10.6 Å². The molecule has 0 amide bonds. The molecule has 1 aromatic carbocycles. The van der Waals surface area contributed by atoms with Crippen LogP contribution < -0.4 is 0 Å². The quantitative estimate of drug-likeness (QED) is 0.827. The monoisotopic (exact) mass is 256 g/mol. The van der Waals surface area contributed by atoms with Gasteiger partial charge in [-0.25, -0.2) is 4.39 Å². The number of halogens is 2. The Morgan fingerprint density at radius 2 is 1.94 bits per heavy atom. The van der Waals surface area contributed by atoms with Gasteiger partial charge in [0.2, 0.25) is 0 Å². The second-order valence-corrected chi connectivity index (χ2v) is 5.69. The normalized spacial score (nSPS) is 21.2. The summed E-state index contributed by atoms with van der Waals surface area (Å²) in [6.07, 6.45) is 4.74. The fraction of sp³-hybridized carbons (Fsp3) is 0.571. The van der Waals surface area contributed by atoms with Crippen molar-refractivity contribution in [3.05, 3.63) is 34.6 Å². The molecule has 1 atom stereocenters. The molecule has 0 heterocycles. The first-order chi connectivity index (χ1) is 8.03. The lowest BCUT2D eigenvalue weighted by atomic mass is 9.70. The highest BCUT2D eigenvalue weighted by molar-refractivity contribution is 6.31. The molecule has 1 saturated carbocycles. The molecule has 0 saturated heterocycles. The second-order valence-electron chi connectivity index (χ2n) is 5.28. The molecule has 1 aromatic rings. The summed E-state index contributed by atoms with van der Waals surface area (Å²) in [6, 6.07) is 4.19. The third-order valence-electron chi connectivity index (χ3n) is 3.91. The first-order valence-corrected chi connectivity index (χ1v) is 6.54. The van der Waals surface area contributed by atoms with Gasteiger partial charge in [-0.15, -0.1) is 0 Å². The van der Waals surface area contributed by atoms with E-state index in [0.717, 1.165) is 25.7 Å². The smallest absolute Gasteiger partial charge is 0.123 e. The van der Waals surface area contributed by atoms with Gasteiger partial charge in [0.25, 0.3) is 0 Å². The molecule has 0 radical (unpaired) electrons. The highest BCUT2D eigenvalue weighted by Crippen LogP contribution is 2.46. The van der Waals surface area contributed by atoms with Gasteiger partial charge >= 0.3 is 0 Å². The molecule has 1 fully saturated rings. The van der Waals surface area contributed by atoms with Gasteiger partial charge in [-0.05, 0) is 36.5 Å². The van der Waals surface area contributed by atoms with Crippen LogP contribution in [0.4, 0.5) is 4.39 Å². The Morgan fingerprint density at radius 3 is 2.59 bits per heavy atom. The fourth-order valence-electron chi connectivity index (χ4n) is 2.73. The van der Waals surface area contributed by atoms with Crippen LogP contribution in [0.5, 0.6) is 0 Å². The van der Waals surface area contributed by atoms with Crippen molar-refractivity contribution in [3.8, 4) is 0 Å². The van der Waals surface area contributed by atoms with E-state index in [0.29, 0.717) is 10.6 Å². The molecule has 0 aromatic heterocycles. The molecule has 0 aliphatic heterocycles. The zero-order valence-corrected chi connectivity index (χ0v) is 10.8. The van der Waals surface area contributed by atoms with Crippen molar-refractivity contribution >= 4 is 11.6 Å². The van der Waals surface area contributed by atoms with E-state index < -0.39 is 6.10 Å². The molecule has 1 N–H and O–H groups in total. The van der Waals surface area contributed by atoms with Crippen molar-refractivity contribution in [2.75, 3.05) is 0 Å². The molecular weight excluding hydrogens is 239 g/mol. The maximum absolute atomic E-state index is 13.2. The standard InChI is InChI=1S/C14H18ClFO/c1-14(7-3-2-4-8-14)13(17)11-9-10(16)5-6-12(11)15/h5-6,9,13,17H,2-4,7-8H2,1H3. The summed E-state index contributed by atoms with van der Waals surface area (Å²) in [5.74, 6) is -0.345. The van der Waals surface area contributed by atoms with Gasteiger partial charge in [-0.2, -0.15) is 0 Å². The predicted octanol–water partition coefficient (Wildman–Crippen LogP) is 4.48. The molecule has 1 nitrogen and oxygen atoms in total. The average Bonchev–Trinajstić information content (AvgIpc) is 2.32. The third kappa shape index (κ3) is 2.63.